The monoisotopic (exact) mass is 187 g/mol. The van der Waals surface area contributed by atoms with Gasteiger partial charge in [-0.15, -0.1) is 0 Å². The van der Waals surface area contributed by atoms with E-state index in [4.69, 9.17) is 10.2 Å². The molecule has 13 heavy (non-hydrogen) atoms. The van der Waals surface area contributed by atoms with E-state index < -0.39 is 11.9 Å². The molecular weight excluding hydrogens is 171 g/mol. The van der Waals surface area contributed by atoms with Crippen LogP contribution in [0.2, 0.25) is 0 Å². The third kappa shape index (κ3) is 35.6. The maximum Gasteiger partial charge on any atom is 0.303 e. The molecule has 0 aliphatic carbocycles. The minimum absolute atomic E-state index is 0. The van der Waals surface area contributed by atoms with Gasteiger partial charge in [-0.05, 0) is 12.8 Å². The summed E-state index contributed by atoms with van der Waals surface area (Å²) in [7, 11) is 0. The van der Waals surface area contributed by atoms with Crippen LogP contribution in [-0.2, 0) is 9.59 Å². The van der Waals surface area contributed by atoms with E-state index in [9.17, 15) is 9.59 Å². The molecule has 75 valence electrons. The molecule has 0 fully saturated rings. The topological polar surface area (TPSA) is 74.6 Å². The van der Waals surface area contributed by atoms with Crippen molar-refractivity contribution in [3.05, 3.63) is 0 Å². The maximum absolute atomic E-state index is 9.60. The minimum atomic E-state index is -0.711. The van der Waals surface area contributed by atoms with Gasteiger partial charge in [0.05, 0.1) is 0 Å². The minimum Gasteiger partial charge on any atom is -0.481 e. The highest BCUT2D eigenvalue weighted by atomic mass is 16.4. The summed E-state index contributed by atoms with van der Waals surface area (Å²) in [6.07, 6.45) is 2.05. The van der Waals surface area contributed by atoms with Gasteiger partial charge in [0.2, 0.25) is 0 Å². The van der Waals surface area contributed by atoms with Gasteiger partial charge in [0.25, 0.3) is 0 Å². The molecule has 0 amide bonds. The molecule has 0 aromatic heterocycles. The summed E-state index contributed by atoms with van der Waals surface area (Å²) in [5, 5.41) is 15.8. The highest BCUT2D eigenvalue weighted by Crippen LogP contribution is 1.82. The van der Waals surface area contributed by atoms with Crippen molar-refractivity contribution >= 4 is 20.4 Å². The van der Waals surface area contributed by atoms with Gasteiger partial charge in [0.15, 0.2) is 0 Å². The molecule has 0 heterocycles. The van der Waals surface area contributed by atoms with Gasteiger partial charge in [0.1, 0.15) is 0 Å². The van der Waals surface area contributed by atoms with Crippen molar-refractivity contribution in [2.45, 2.75) is 39.5 Å². The largest absolute Gasteiger partial charge is 0.481 e. The third-order valence-corrected chi connectivity index (χ3v) is 0.928. The van der Waals surface area contributed by atoms with Crippen LogP contribution in [0, 0.1) is 0 Å². The van der Waals surface area contributed by atoms with Crippen molar-refractivity contribution in [1.29, 1.82) is 0 Å². The lowest BCUT2D eigenvalue weighted by atomic mass is 10.4. The molecule has 0 rings (SSSR count). The van der Waals surface area contributed by atoms with Gasteiger partial charge in [0, 0.05) is 21.3 Å². The van der Waals surface area contributed by atoms with Crippen molar-refractivity contribution in [1.82, 2.24) is 0 Å². The zero-order valence-corrected chi connectivity index (χ0v) is 8.12. The number of rotatable bonds is 4. The van der Waals surface area contributed by atoms with Crippen LogP contribution < -0.4 is 0 Å². The molecule has 0 bridgehead atoms. The van der Waals surface area contributed by atoms with Gasteiger partial charge in [-0.1, -0.05) is 13.8 Å². The van der Waals surface area contributed by atoms with E-state index in [1.54, 1.807) is 0 Å². The lowest BCUT2D eigenvalue weighted by Gasteiger charge is -1.79. The normalized spacial score (nSPS) is 7.54. The summed E-state index contributed by atoms with van der Waals surface area (Å²) < 4.78 is 0. The number of carboxylic acid groups (broad SMARTS) is 2. The molecule has 0 spiro atoms. The number of carbonyl (C=O) groups is 2. The molecule has 2 N–H and O–H groups in total. The number of hydrogen-bond acceptors (Lipinski definition) is 2. The number of carboxylic acids is 2. The molecule has 0 saturated carbocycles. The zero-order valence-electron chi connectivity index (χ0n) is 8.12. The summed E-state index contributed by atoms with van der Waals surface area (Å²) in [5.41, 5.74) is 0. The standard InChI is InChI=1S/2C4H8O2.B/c2*1-2-3-4(5)6;/h2*2-3H2,1H3,(H,5,6);. The van der Waals surface area contributed by atoms with E-state index in [1.165, 1.54) is 0 Å². The quantitative estimate of drug-likeness (QED) is 0.651. The van der Waals surface area contributed by atoms with Gasteiger partial charge in [-0.3, -0.25) is 9.59 Å². The van der Waals surface area contributed by atoms with Crippen LogP contribution in [0.25, 0.3) is 0 Å². The SMILES string of the molecule is CCCC(=O)O.CCCC(=O)O.[B]. The van der Waals surface area contributed by atoms with Crippen LogP contribution in [0.5, 0.6) is 0 Å². The highest BCUT2D eigenvalue weighted by molar-refractivity contribution is 5.75. The van der Waals surface area contributed by atoms with E-state index in [-0.39, 0.29) is 8.41 Å². The van der Waals surface area contributed by atoms with Crippen molar-refractivity contribution in [3.63, 3.8) is 0 Å². The fourth-order valence-electron chi connectivity index (χ4n) is 0.428. The van der Waals surface area contributed by atoms with E-state index >= 15 is 0 Å². The second-order valence-electron chi connectivity index (χ2n) is 2.29. The van der Waals surface area contributed by atoms with Gasteiger partial charge >= 0.3 is 11.9 Å². The van der Waals surface area contributed by atoms with Crippen LogP contribution in [0.15, 0.2) is 0 Å². The molecule has 0 atom stereocenters. The fraction of sp³-hybridized carbons (Fsp3) is 0.750. The maximum atomic E-state index is 9.60. The Labute approximate surface area is 80.5 Å². The van der Waals surface area contributed by atoms with Crippen LogP contribution >= 0.6 is 0 Å². The lowest BCUT2D eigenvalue weighted by Crippen LogP contribution is -1.90. The first-order valence-corrected chi connectivity index (χ1v) is 3.98. The van der Waals surface area contributed by atoms with E-state index in [1.807, 2.05) is 13.8 Å². The average Bonchev–Trinajstić information content (AvgIpc) is 1.87. The molecule has 0 aromatic carbocycles. The first kappa shape index (κ1) is 17.9. The van der Waals surface area contributed by atoms with Crippen LogP contribution in [0.1, 0.15) is 39.5 Å². The summed E-state index contributed by atoms with van der Waals surface area (Å²) in [6, 6.07) is 0. The van der Waals surface area contributed by atoms with Crippen LogP contribution in [-0.4, -0.2) is 30.6 Å². The molecule has 0 unspecified atom stereocenters. The van der Waals surface area contributed by atoms with E-state index in [2.05, 4.69) is 0 Å². The molecule has 4 nitrogen and oxygen atoms in total. The molecule has 0 aliphatic rings. The first-order chi connectivity index (χ1) is 5.54. The smallest absolute Gasteiger partial charge is 0.303 e. The molecular formula is C8H16BO4. The number of hydrogen-bond donors (Lipinski definition) is 2. The Hall–Kier alpha value is -0.995. The van der Waals surface area contributed by atoms with Crippen LogP contribution in [0.4, 0.5) is 0 Å². The van der Waals surface area contributed by atoms with E-state index in [0.29, 0.717) is 12.8 Å². The van der Waals surface area contributed by atoms with Gasteiger partial charge < -0.3 is 10.2 Å². The summed E-state index contributed by atoms with van der Waals surface area (Å²) in [5.74, 6) is -1.42. The second kappa shape index (κ2) is 13.6. The zero-order chi connectivity index (χ0) is 9.98. The van der Waals surface area contributed by atoms with Gasteiger partial charge in [-0.25, -0.2) is 0 Å². The Morgan fingerprint density at radius 1 is 0.923 bits per heavy atom. The molecule has 0 aromatic rings. The van der Waals surface area contributed by atoms with Crippen molar-refractivity contribution in [2.75, 3.05) is 0 Å². The van der Waals surface area contributed by atoms with Crippen molar-refractivity contribution < 1.29 is 19.8 Å². The summed E-state index contributed by atoms with van der Waals surface area (Å²) in [4.78, 5) is 19.2. The van der Waals surface area contributed by atoms with Crippen molar-refractivity contribution in [2.24, 2.45) is 0 Å². The Balaban J connectivity index is -0.000000143. The lowest BCUT2D eigenvalue weighted by molar-refractivity contribution is -0.138. The third-order valence-electron chi connectivity index (χ3n) is 0.928. The predicted octanol–water partition coefficient (Wildman–Crippen LogP) is 1.36. The van der Waals surface area contributed by atoms with Crippen molar-refractivity contribution in [3.8, 4) is 0 Å². The molecule has 0 aliphatic heterocycles. The predicted molar refractivity (Wildman–Crippen MR) is 50.8 cm³/mol. The molecule has 0 saturated heterocycles. The Morgan fingerprint density at radius 2 is 1.15 bits per heavy atom. The summed E-state index contributed by atoms with van der Waals surface area (Å²) in [6.45, 7) is 3.68. The Kier molecular flexibility index (Phi) is 18.7. The first-order valence-electron chi connectivity index (χ1n) is 3.98. The molecule has 5 heteroatoms. The molecule has 3 radical (unpaired) electrons. The fourth-order valence-corrected chi connectivity index (χ4v) is 0.428. The summed E-state index contributed by atoms with van der Waals surface area (Å²) >= 11 is 0. The average molecular weight is 187 g/mol. The van der Waals surface area contributed by atoms with E-state index in [0.717, 1.165) is 12.8 Å². The Bertz CT molecular complexity index is 120. The Morgan fingerprint density at radius 3 is 1.15 bits per heavy atom. The number of aliphatic carboxylic acids is 2. The van der Waals surface area contributed by atoms with Gasteiger partial charge in [-0.2, -0.15) is 0 Å². The van der Waals surface area contributed by atoms with Crippen LogP contribution in [0.3, 0.4) is 0 Å². The highest BCUT2D eigenvalue weighted by Gasteiger charge is 1.88. The second-order valence-corrected chi connectivity index (χ2v) is 2.29.